The Labute approximate surface area is 567 Å². The Hall–Kier alpha value is -3.78. The fourth-order valence-electron chi connectivity index (χ4n) is 12.2. The van der Waals surface area contributed by atoms with Crippen molar-refractivity contribution in [3.63, 3.8) is 0 Å². The van der Waals surface area contributed by atoms with Gasteiger partial charge in [0.2, 0.25) is 0 Å². The standard InChI is InChI=1S/C74H88O4S4.6CH3.2Sn/c1-9-17-21-51(13-5)47-75-59-33-25-55(26-34-59)65-45-67(81-71(65)57-29-37-61(38-30-57)77-49-53(15-7)23-19-11-3)69-63-41-43-80-74(63)70(64-42-44-79-73(64)69)68-46-66(56-27-35-60(36-28-56)76-48-52(14-6)22-18-10-2)72(82-68)58-31-39-62(40-32-58)78-50-54(16-8)24-20-12-4;;;;;;;;/h25-42,45-46,51-54H,9-24,47-50H2,1-8H3;6*1H3;;. The topological polar surface area (TPSA) is 36.9 Å². The van der Waals surface area contributed by atoms with E-state index < -0.39 is 36.8 Å². The summed E-state index contributed by atoms with van der Waals surface area (Å²) >= 11 is 2.74. The quantitative estimate of drug-likeness (QED) is 0.0367. The van der Waals surface area contributed by atoms with Crippen molar-refractivity contribution in [1.29, 1.82) is 0 Å². The summed E-state index contributed by atoms with van der Waals surface area (Å²) in [7, 11) is 0. The summed E-state index contributed by atoms with van der Waals surface area (Å²) in [6.07, 6.45) is 19.3. The number of unbranched alkanes of at least 4 members (excludes halogenated alkanes) is 4. The molecular formula is C80H106O4S4Sn2. The zero-order chi connectivity index (χ0) is 64.0. The van der Waals surface area contributed by atoms with Gasteiger partial charge in [-0.25, -0.2) is 0 Å². The predicted molar refractivity (Wildman–Crippen MR) is 407 cm³/mol. The molecule has 0 saturated carbocycles. The van der Waals surface area contributed by atoms with Crippen LogP contribution < -0.4 is 24.7 Å². The monoisotopic (exact) mass is 1500 g/mol. The third-order valence-electron chi connectivity index (χ3n) is 18.6. The molecule has 0 spiro atoms. The van der Waals surface area contributed by atoms with E-state index >= 15 is 0 Å². The molecule has 9 aromatic rings. The van der Waals surface area contributed by atoms with Gasteiger partial charge in [0.15, 0.2) is 0 Å². The van der Waals surface area contributed by atoms with Crippen molar-refractivity contribution in [3.05, 3.63) is 121 Å². The zero-order valence-corrected chi connectivity index (χ0v) is 66.2. The molecule has 0 fully saturated rings. The molecule has 4 atom stereocenters. The first-order chi connectivity index (χ1) is 43.5. The van der Waals surface area contributed by atoms with Crippen LogP contribution in [0.4, 0.5) is 0 Å². The SMILES string of the molecule is CCCCC(CC)COc1ccc(-c2cc(-c3c4c[c]([Sn]([CH3])([CH3])[CH3])sc4c(-c4cc(-c5ccc(OCC(CC)CCCC)cc5)c(-c5ccc(OCC(CC)CCCC)cc5)s4)c4c[c]([Sn]([CH3])([CH3])[CH3])sc34)sc2-c2ccc(OCC(CC)CCCC)cc2)cc1. The fourth-order valence-corrected chi connectivity index (χ4v) is 27.7. The molecule has 0 radical (unpaired) electrons. The van der Waals surface area contributed by atoms with Crippen molar-refractivity contribution in [2.75, 3.05) is 26.4 Å². The average molecular weight is 1500 g/mol. The Kier molecular flexibility index (Phi) is 26.3. The van der Waals surface area contributed by atoms with Crippen LogP contribution in [0.3, 0.4) is 0 Å². The maximum absolute atomic E-state index is 6.54. The van der Waals surface area contributed by atoms with E-state index in [4.69, 9.17) is 18.9 Å². The summed E-state index contributed by atoms with van der Waals surface area (Å²) < 4.78 is 32.2. The van der Waals surface area contributed by atoms with Crippen LogP contribution in [0.15, 0.2) is 121 Å². The summed E-state index contributed by atoms with van der Waals surface area (Å²) in [6.45, 7) is 21.4. The summed E-state index contributed by atoms with van der Waals surface area (Å²) in [5.41, 5.74) is 10.2. The predicted octanol–water partition coefficient (Wildman–Crippen LogP) is 25.7. The zero-order valence-electron chi connectivity index (χ0n) is 57.3. The Morgan fingerprint density at radius 3 is 0.844 bits per heavy atom. The second-order valence-corrected chi connectivity index (χ2v) is 62.7. The summed E-state index contributed by atoms with van der Waals surface area (Å²) in [5.74, 6) is 6.08. The molecule has 0 bridgehead atoms. The molecule has 90 heavy (non-hydrogen) atoms. The number of ether oxygens (including phenoxy) is 4. The minimum absolute atomic E-state index is 0.573. The van der Waals surface area contributed by atoms with E-state index in [1.54, 1.807) is 5.79 Å². The second-order valence-electron chi connectivity index (χ2n) is 27.7. The first-order valence-corrected chi connectivity index (χ1v) is 58.0. The Morgan fingerprint density at radius 1 is 0.333 bits per heavy atom. The summed E-state index contributed by atoms with van der Waals surface area (Å²) in [4.78, 5) is 20.8. The molecule has 4 nitrogen and oxygen atoms in total. The van der Waals surface area contributed by atoms with Gasteiger partial charge in [-0.1, -0.05) is 132 Å². The van der Waals surface area contributed by atoms with Gasteiger partial charge in [0.1, 0.15) is 0 Å². The van der Waals surface area contributed by atoms with Gasteiger partial charge in [0.05, 0.1) is 26.4 Å². The van der Waals surface area contributed by atoms with Gasteiger partial charge in [0, 0.05) is 0 Å². The molecule has 0 saturated heterocycles. The van der Waals surface area contributed by atoms with Crippen LogP contribution in [-0.4, -0.2) is 63.2 Å². The molecule has 0 aliphatic heterocycles. The molecule has 4 aromatic heterocycles. The molecule has 0 amide bonds. The molecular weight excluding hydrogens is 1390 g/mol. The van der Waals surface area contributed by atoms with Crippen LogP contribution in [0.25, 0.3) is 84.2 Å². The van der Waals surface area contributed by atoms with E-state index in [9.17, 15) is 0 Å². The van der Waals surface area contributed by atoms with Crippen molar-refractivity contribution in [2.45, 2.75) is 188 Å². The van der Waals surface area contributed by atoms with E-state index in [1.807, 2.05) is 22.7 Å². The number of thiophene rings is 4. The van der Waals surface area contributed by atoms with Gasteiger partial charge in [-0.3, -0.25) is 0 Å². The third kappa shape index (κ3) is 18.0. The summed E-state index contributed by atoms with van der Waals surface area (Å²) in [6, 6.07) is 46.6. The van der Waals surface area contributed by atoms with Crippen LogP contribution in [0.2, 0.25) is 29.6 Å². The van der Waals surface area contributed by atoms with Crippen LogP contribution >= 0.6 is 45.3 Å². The number of rotatable bonds is 36. The van der Waals surface area contributed by atoms with Crippen LogP contribution in [0, 0.1) is 23.7 Å². The number of hydrogen-bond donors (Lipinski definition) is 0. The van der Waals surface area contributed by atoms with Gasteiger partial charge in [-0.15, -0.1) is 0 Å². The van der Waals surface area contributed by atoms with E-state index in [-0.39, 0.29) is 0 Å². The van der Waals surface area contributed by atoms with Gasteiger partial charge < -0.3 is 0 Å². The van der Waals surface area contributed by atoms with Crippen molar-refractivity contribution in [2.24, 2.45) is 23.7 Å². The Bertz CT molecular complexity index is 3190. The molecule has 4 unspecified atom stereocenters. The van der Waals surface area contributed by atoms with Crippen LogP contribution in [-0.2, 0) is 0 Å². The van der Waals surface area contributed by atoms with Crippen LogP contribution in [0.5, 0.6) is 23.0 Å². The first kappa shape index (κ1) is 70.5. The van der Waals surface area contributed by atoms with Gasteiger partial charge >= 0.3 is 365 Å². The van der Waals surface area contributed by atoms with E-state index in [1.165, 1.54) is 161 Å². The van der Waals surface area contributed by atoms with Gasteiger partial charge in [0.25, 0.3) is 0 Å². The normalized spacial score (nSPS) is 13.5. The Balaban J connectivity index is 1.21. The number of benzene rings is 5. The van der Waals surface area contributed by atoms with E-state index in [0.29, 0.717) is 23.7 Å². The fraction of sp³-hybridized carbons (Fsp3) is 0.475. The Morgan fingerprint density at radius 2 is 0.600 bits per heavy atom. The van der Waals surface area contributed by atoms with Gasteiger partial charge in [-0.2, -0.15) is 0 Å². The molecule has 5 aromatic carbocycles. The molecule has 4 heterocycles. The first-order valence-electron chi connectivity index (χ1n) is 34.8. The molecule has 482 valence electrons. The minimum atomic E-state index is -2.70. The third-order valence-corrected chi connectivity index (χ3v) is 42.1. The molecule has 0 aliphatic carbocycles. The van der Waals surface area contributed by atoms with E-state index in [0.717, 1.165) is 75.1 Å². The molecule has 9 rings (SSSR count). The molecule has 10 heteroatoms. The van der Waals surface area contributed by atoms with Crippen molar-refractivity contribution in [1.82, 2.24) is 0 Å². The number of hydrogen-bond acceptors (Lipinski definition) is 8. The molecule has 0 N–H and O–H groups in total. The number of fused-ring (bicyclic) bond motifs is 2. The second kappa shape index (κ2) is 33.6. The van der Waals surface area contributed by atoms with Crippen molar-refractivity contribution in [3.8, 4) is 87.0 Å². The van der Waals surface area contributed by atoms with Gasteiger partial charge in [-0.05, 0) is 49.4 Å². The molecule has 0 aliphatic rings. The van der Waals surface area contributed by atoms with Crippen molar-refractivity contribution < 1.29 is 18.9 Å². The maximum atomic E-state index is 6.54. The van der Waals surface area contributed by atoms with E-state index in [2.05, 4.69) is 229 Å². The summed E-state index contributed by atoms with van der Waals surface area (Å²) in [5, 5.41) is 2.81. The van der Waals surface area contributed by atoms with Crippen molar-refractivity contribution >= 4 is 108 Å². The van der Waals surface area contributed by atoms with Crippen LogP contribution in [0.1, 0.15) is 158 Å². The average Bonchev–Trinajstić information content (AvgIpc) is 1.55.